The van der Waals surface area contributed by atoms with Crippen molar-refractivity contribution in [1.82, 2.24) is 0 Å². The molecule has 0 saturated heterocycles. The number of nitriles is 1. The van der Waals surface area contributed by atoms with E-state index in [4.69, 9.17) is 5.26 Å². The minimum atomic E-state index is -1.73. The first-order valence-corrected chi connectivity index (χ1v) is 7.33. The van der Waals surface area contributed by atoms with Gasteiger partial charge in [-0.1, -0.05) is 0 Å². The molecule has 4 nitrogen and oxygen atoms in total. The van der Waals surface area contributed by atoms with Crippen molar-refractivity contribution in [2.45, 2.75) is 13.8 Å². The normalized spacial score (nSPS) is 10.4. The van der Waals surface area contributed by atoms with Gasteiger partial charge in [0, 0.05) is 10.9 Å². The average Bonchev–Trinajstić information content (AvgIpc) is 2.79. The highest BCUT2D eigenvalue weighted by Crippen LogP contribution is 2.31. The molecule has 126 valence electrons. The molecule has 0 unspecified atom stereocenters. The van der Waals surface area contributed by atoms with E-state index in [1.165, 1.54) is 0 Å². The van der Waals surface area contributed by atoms with Crippen LogP contribution in [0.3, 0.4) is 0 Å². The first-order chi connectivity index (χ1) is 11.3. The number of ether oxygens (including phenoxy) is 1. The molecule has 0 aliphatic heterocycles. The molecule has 24 heavy (non-hydrogen) atoms. The number of hydrogen-bond acceptors (Lipinski definition) is 4. The predicted octanol–water partition coefficient (Wildman–Crippen LogP) is 3.81. The zero-order valence-corrected chi connectivity index (χ0v) is 13.3. The van der Waals surface area contributed by atoms with Gasteiger partial charge in [0.2, 0.25) is 11.6 Å². The molecule has 0 bridgehead atoms. The van der Waals surface area contributed by atoms with Crippen LogP contribution >= 0.6 is 11.3 Å². The molecule has 0 saturated carbocycles. The standard InChI is InChI=1S/C15H10F4N2O2S/c1-6-7(2)24-15(8(6)4-20)21-11(22)5-23-14-12(18)9(16)3-10(17)13(14)19/h3H,5H2,1-2H3,(H,21,22). The van der Waals surface area contributed by atoms with Gasteiger partial charge in [0.25, 0.3) is 5.91 Å². The number of aryl methyl sites for hydroxylation is 1. The number of carbonyl (C=O) groups is 1. The minimum absolute atomic E-state index is 0.0357. The lowest BCUT2D eigenvalue weighted by Gasteiger charge is -2.09. The SMILES string of the molecule is Cc1sc(NC(=O)COc2c(F)c(F)cc(F)c2F)c(C#N)c1C. The van der Waals surface area contributed by atoms with Crippen molar-refractivity contribution in [1.29, 1.82) is 5.26 Å². The number of halogens is 4. The minimum Gasteiger partial charge on any atom is -0.477 e. The molecule has 0 aliphatic carbocycles. The molecule has 1 amide bonds. The molecule has 0 fully saturated rings. The summed E-state index contributed by atoms with van der Waals surface area (Å²) in [6, 6.07) is 1.97. The van der Waals surface area contributed by atoms with E-state index in [0.717, 1.165) is 16.2 Å². The second-order valence-corrected chi connectivity index (χ2v) is 5.96. The lowest BCUT2D eigenvalue weighted by atomic mass is 10.2. The van der Waals surface area contributed by atoms with Gasteiger partial charge in [-0.3, -0.25) is 4.79 Å². The number of rotatable bonds is 4. The highest BCUT2D eigenvalue weighted by molar-refractivity contribution is 7.16. The van der Waals surface area contributed by atoms with Gasteiger partial charge in [-0.25, -0.2) is 8.78 Å². The molecule has 0 aliphatic rings. The monoisotopic (exact) mass is 358 g/mol. The summed E-state index contributed by atoms with van der Waals surface area (Å²) in [7, 11) is 0. The van der Waals surface area contributed by atoms with Crippen molar-refractivity contribution in [3.05, 3.63) is 45.3 Å². The molecule has 9 heteroatoms. The number of amides is 1. The van der Waals surface area contributed by atoms with Gasteiger partial charge in [0.05, 0.1) is 5.56 Å². The predicted molar refractivity (Wildman–Crippen MR) is 78.9 cm³/mol. The molecule has 0 atom stereocenters. The Hall–Kier alpha value is -2.60. The quantitative estimate of drug-likeness (QED) is 0.668. The van der Waals surface area contributed by atoms with E-state index in [1.807, 2.05) is 6.07 Å². The van der Waals surface area contributed by atoms with Crippen molar-refractivity contribution in [3.8, 4) is 11.8 Å². The molecular formula is C15H10F4N2O2S. The number of nitrogens with one attached hydrogen (secondary N) is 1. The van der Waals surface area contributed by atoms with Gasteiger partial charge in [0.15, 0.2) is 24.0 Å². The average molecular weight is 358 g/mol. The molecule has 2 aromatic rings. The Labute approximate surface area is 138 Å². The Morgan fingerprint density at radius 3 is 2.38 bits per heavy atom. The van der Waals surface area contributed by atoms with Gasteiger partial charge in [-0.15, -0.1) is 11.3 Å². The summed E-state index contributed by atoms with van der Waals surface area (Å²) in [6.45, 7) is 2.57. The van der Waals surface area contributed by atoms with Gasteiger partial charge >= 0.3 is 0 Å². The third-order valence-electron chi connectivity index (χ3n) is 3.17. The van der Waals surface area contributed by atoms with Crippen molar-refractivity contribution in [2.24, 2.45) is 0 Å². The maximum absolute atomic E-state index is 13.4. The molecule has 1 aromatic heterocycles. The second kappa shape index (κ2) is 6.88. The van der Waals surface area contributed by atoms with Crippen LogP contribution in [0, 0.1) is 48.4 Å². The zero-order chi connectivity index (χ0) is 18.0. The van der Waals surface area contributed by atoms with Crippen LogP contribution in [0.1, 0.15) is 16.0 Å². The van der Waals surface area contributed by atoms with Crippen LogP contribution in [-0.4, -0.2) is 12.5 Å². The van der Waals surface area contributed by atoms with E-state index in [-0.39, 0.29) is 16.6 Å². The maximum Gasteiger partial charge on any atom is 0.262 e. The highest BCUT2D eigenvalue weighted by Gasteiger charge is 2.22. The number of hydrogen-bond donors (Lipinski definition) is 1. The second-order valence-electron chi connectivity index (χ2n) is 4.73. The van der Waals surface area contributed by atoms with Crippen molar-refractivity contribution >= 4 is 22.2 Å². The summed E-state index contributed by atoms with van der Waals surface area (Å²) < 4.78 is 57.5. The number of nitrogens with zero attached hydrogens (tertiary/aromatic N) is 1. The van der Waals surface area contributed by atoms with Crippen molar-refractivity contribution in [2.75, 3.05) is 11.9 Å². The number of anilines is 1. The fraction of sp³-hybridized carbons (Fsp3) is 0.200. The van der Waals surface area contributed by atoms with Crippen LogP contribution < -0.4 is 10.1 Å². The summed E-state index contributed by atoms with van der Waals surface area (Å²) in [5.74, 6) is -8.90. The van der Waals surface area contributed by atoms with Crippen molar-refractivity contribution < 1.29 is 27.1 Å². The van der Waals surface area contributed by atoms with Crippen LogP contribution in [0.25, 0.3) is 0 Å². The summed E-state index contributed by atoms with van der Waals surface area (Å²) in [6.07, 6.45) is 0. The first-order valence-electron chi connectivity index (χ1n) is 6.52. The van der Waals surface area contributed by atoms with E-state index < -0.39 is 41.5 Å². The van der Waals surface area contributed by atoms with Gasteiger partial charge in [-0.2, -0.15) is 14.0 Å². The van der Waals surface area contributed by atoms with Gasteiger partial charge in [0.1, 0.15) is 11.1 Å². The van der Waals surface area contributed by atoms with Crippen LogP contribution in [0.2, 0.25) is 0 Å². The van der Waals surface area contributed by atoms with Gasteiger partial charge in [-0.05, 0) is 19.4 Å². The lowest BCUT2D eigenvalue weighted by molar-refractivity contribution is -0.118. The van der Waals surface area contributed by atoms with E-state index in [9.17, 15) is 22.4 Å². The van der Waals surface area contributed by atoms with Crippen LogP contribution in [0.15, 0.2) is 6.07 Å². The van der Waals surface area contributed by atoms with E-state index in [2.05, 4.69) is 10.1 Å². The fourth-order valence-corrected chi connectivity index (χ4v) is 2.86. The summed E-state index contributed by atoms with van der Waals surface area (Å²) in [5, 5.41) is 11.7. The number of carbonyl (C=O) groups excluding carboxylic acids is 1. The molecule has 1 heterocycles. The Balaban J connectivity index is 2.13. The van der Waals surface area contributed by atoms with E-state index in [0.29, 0.717) is 5.56 Å². The Kier molecular flexibility index (Phi) is 5.09. The van der Waals surface area contributed by atoms with Crippen LogP contribution in [-0.2, 0) is 4.79 Å². The third-order valence-corrected chi connectivity index (χ3v) is 4.29. The van der Waals surface area contributed by atoms with E-state index >= 15 is 0 Å². The molecule has 2 rings (SSSR count). The molecule has 1 N–H and O–H groups in total. The summed E-state index contributed by atoms with van der Waals surface area (Å²) in [5.41, 5.74) is 0.961. The Morgan fingerprint density at radius 1 is 1.25 bits per heavy atom. The highest BCUT2D eigenvalue weighted by atomic mass is 32.1. The molecule has 0 spiro atoms. The largest absolute Gasteiger partial charge is 0.477 e. The number of thiophene rings is 1. The summed E-state index contributed by atoms with van der Waals surface area (Å²) in [4.78, 5) is 12.6. The number of benzene rings is 1. The molecular weight excluding hydrogens is 348 g/mol. The van der Waals surface area contributed by atoms with Crippen molar-refractivity contribution in [3.63, 3.8) is 0 Å². The van der Waals surface area contributed by atoms with Crippen LogP contribution in [0.4, 0.5) is 22.6 Å². The van der Waals surface area contributed by atoms with Crippen LogP contribution in [0.5, 0.6) is 5.75 Å². The molecule has 0 radical (unpaired) electrons. The smallest absolute Gasteiger partial charge is 0.262 e. The lowest BCUT2D eigenvalue weighted by Crippen LogP contribution is -2.21. The first kappa shape index (κ1) is 17.7. The fourth-order valence-electron chi connectivity index (χ4n) is 1.83. The topological polar surface area (TPSA) is 62.1 Å². The third kappa shape index (κ3) is 3.33. The molecule has 1 aromatic carbocycles. The summed E-state index contributed by atoms with van der Waals surface area (Å²) >= 11 is 1.15. The van der Waals surface area contributed by atoms with Gasteiger partial charge < -0.3 is 10.1 Å². The Bertz CT molecular complexity index is 832. The maximum atomic E-state index is 13.4. The van der Waals surface area contributed by atoms with E-state index in [1.54, 1.807) is 13.8 Å². The zero-order valence-electron chi connectivity index (χ0n) is 12.5. The Morgan fingerprint density at radius 2 is 1.83 bits per heavy atom.